The number of alkyl halides is 2. The topological polar surface area (TPSA) is 83.6 Å². The van der Waals surface area contributed by atoms with E-state index in [2.05, 4.69) is 15.3 Å². The third-order valence-corrected chi connectivity index (χ3v) is 4.42. The van der Waals surface area contributed by atoms with Crippen molar-refractivity contribution in [2.75, 3.05) is 5.32 Å². The van der Waals surface area contributed by atoms with Gasteiger partial charge in [0.2, 0.25) is 0 Å². The number of rotatable bonds is 4. The Morgan fingerprint density at radius 1 is 1.44 bits per heavy atom. The first kappa shape index (κ1) is 16.7. The highest BCUT2D eigenvalue weighted by molar-refractivity contribution is 7.19. The van der Waals surface area contributed by atoms with Crippen LogP contribution in [0.4, 0.5) is 13.9 Å². The van der Waals surface area contributed by atoms with Gasteiger partial charge in [0, 0.05) is 18.0 Å². The lowest BCUT2D eigenvalue weighted by atomic mass is 10.1. The standard InChI is InChI=1S/C16H11F2N5OS/c1-9-12(13-20-5-6-23(13)15(17)18)25-16(21-9)22-14(24)11-4-2-3-10(7-11)8-19/h2-7,15H,1H3,(H,21,22,24). The van der Waals surface area contributed by atoms with E-state index < -0.39 is 12.5 Å². The van der Waals surface area contributed by atoms with Crippen LogP contribution in [-0.2, 0) is 0 Å². The molecular formula is C16H11F2N5OS. The predicted octanol–water partition coefficient (Wildman–Crippen LogP) is 3.83. The van der Waals surface area contributed by atoms with Crippen molar-refractivity contribution in [3.63, 3.8) is 0 Å². The Morgan fingerprint density at radius 3 is 2.96 bits per heavy atom. The molecule has 25 heavy (non-hydrogen) atoms. The number of nitrogens with zero attached hydrogens (tertiary/aromatic N) is 4. The Bertz CT molecular complexity index is 973. The summed E-state index contributed by atoms with van der Waals surface area (Å²) in [6.07, 6.45) is 2.47. The maximum absolute atomic E-state index is 13.0. The van der Waals surface area contributed by atoms with E-state index in [0.29, 0.717) is 21.7 Å². The van der Waals surface area contributed by atoms with Crippen molar-refractivity contribution in [2.45, 2.75) is 13.5 Å². The van der Waals surface area contributed by atoms with E-state index in [1.807, 2.05) is 6.07 Å². The minimum absolute atomic E-state index is 0.0944. The van der Waals surface area contributed by atoms with Crippen molar-refractivity contribution >= 4 is 22.4 Å². The quantitative estimate of drug-likeness (QED) is 0.767. The SMILES string of the molecule is Cc1nc(NC(=O)c2cccc(C#N)c2)sc1-c1nccn1C(F)F. The molecule has 1 N–H and O–H groups in total. The van der Waals surface area contributed by atoms with Crippen LogP contribution in [0.25, 0.3) is 10.7 Å². The molecule has 0 saturated carbocycles. The average molecular weight is 359 g/mol. The average Bonchev–Trinajstić information content (AvgIpc) is 3.21. The van der Waals surface area contributed by atoms with Gasteiger partial charge in [-0.2, -0.15) is 14.0 Å². The molecule has 1 aromatic carbocycles. The van der Waals surface area contributed by atoms with E-state index in [1.165, 1.54) is 18.5 Å². The highest BCUT2D eigenvalue weighted by Crippen LogP contribution is 2.33. The number of hydrogen-bond donors (Lipinski definition) is 1. The zero-order chi connectivity index (χ0) is 18.0. The Kier molecular flexibility index (Phi) is 4.54. The molecule has 3 rings (SSSR count). The molecule has 0 fully saturated rings. The fraction of sp³-hybridized carbons (Fsp3) is 0.125. The highest BCUT2D eigenvalue weighted by atomic mass is 32.1. The van der Waals surface area contributed by atoms with Crippen LogP contribution in [0, 0.1) is 18.3 Å². The zero-order valence-electron chi connectivity index (χ0n) is 12.9. The summed E-state index contributed by atoms with van der Waals surface area (Å²) < 4.78 is 26.7. The summed E-state index contributed by atoms with van der Waals surface area (Å²) >= 11 is 1.06. The third kappa shape index (κ3) is 3.39. The second-order valence-electron chi connectivity index (χ2n) is 5.02. The Hall–Kier alpha value is -3.12. The van der Waals surface area contributed by atoms with Crippen LogP contribution in [0.3, 0.4) is 0 Å². The van der Waals surface area contributed by atoms with Gasteiger partial charge < -0.3 is 0 Å². The second-order valence-corrected chi connectivity index (χ2v) is 6.02. The lowest BCUT2D eigenvalue weighted by Gasteiger charge is -2.04. The van der Waals surface area contributed by atoms with Crippen molar-refractivity contribution < 1.29 is 13.6 Å². The number of benzene rings is 1. The van der Waals surface area contributed by atoms with Gasteiger partial charge in [0.1, 0.15) is 0 Å². The number of nitriles is 1. The zero-order valence-corrected chi connectivity index (χ0v) is 13.7. The number of anilines is 1. The highest BCUT2D eigenvalue weighted by Gasteiger charge is 2.19. The number of nitrogens with one attached hydrogen (secondary N) is 1. The van der Waals surface area contributed by atoms with E-state index in [-0.39, 0.29) is 11.0 Å². The maximum atomic E-state index is 13.0. The number of aromatic nitrogens is 3. The van der Waals surface area contributed by atoms with Gasteiger partial charge in [0.15, 0.2) is 11.0 Å². The fourth-order valence-corrected chi connectivity index (χ4v) is 3.17. The molecule has 0 aliphatic heterocycles. The van der Waals surface area contributed by atoms with Gasteiger partial charge in [-0.3, -0.25) is 14.7 Å². The molecule has 6 nitrogen and oxygen atoms in total. The number of amides is 1. The van der Waals surface area contributed by atoms with Crippen molar-refractivity contribution in [3.05, 3.63) is 53.5 Å². The summed E-state index contributed by atoms with van der Waals surface area (Å²) in [7, 11) is 0. The van der Waals surface area contributed by atoms with E-state index in [1.54, 1.807) is 25.1 Å². The second kappa shape index (κ2) is 6.78. The van der Waals surface area contributed by atoms with Gasteiger partial charge in [-0.25, -0.2) is 9.97 Å². The van der Waals surface area contributed by atoms with Crippen LogP contribution in [0.2, 0.25) is 0 Å². The normalized spacial score (nSPS) is 10.7. The molecule has 2 aromatic heterocycles. The minimum Gasteiger partial charge on any atom is -0.298 e. The van der Waals surface area contributed by atoms with Gasteiger partial charge in [-0.1, -0.05) is 17.4 Å². The summed E-state index contributed by atoms with van der Waals surface area (Å²) in [4.78, 5) is 20.9. The maximum Gasteiger partial charge on any atom is 0.320 e. The first-order valence-corrected chi connectivity index (χ1v) is 7.91. The van der Waals surface area contributed by atoms with Crippen LogP contribution in [0.15, 0.2) is 36.7 Å². The van der Waals surface area contributed by atoms with Gasteiger partial charge >= 0.3 is 6.55 Å². The summed E-state index contributed by atoms with van der Waals surface area (Å²) in [5.74, 6) is -0.341. The van der Waals surface area contributed by atoms with E-state index >= 15 is 0 Å². The molecule has 126 valence electrons. The van der Waals surface area contributed by atoms with Gasteiger partial charge in [-0.05, 0) is 25.1 Å². The van der Waals surface area contributed by atoms with Crippen molar-refractivity contribution in [1.82, 2.24) is 14.5 Å². The smallest absolute Gasteiger partial charge is 0.298 e. The molecule has 0 bridgehead atoms. The molecular weight excluding hydrogens is 348 g/mol. The number of aryl methyl sites for hydroxylation is 1. The van der Waals surface area contributed by atoms with Gasteiger partial charge in [0.25, 0.3) is 5.91 Å². The number of imidazole rings is 1. The van der Waals surface area contributed by atoms with Gasteiger partial charge in [-0.15, -0.1) is 0 Å². The number of hydrogen-bond acceptors (Lipinski definition) is 5. The molecule has 0 atom stereocenters. The first-order chi connectivity index (χ1) is 12.0. The number of halogens is 2. The molecule has 0 radical (unpaired) electrons. The van der Waals surface area contributed by atoms with Crippen LogP contribution in [-0.4, -0.2) is 20.4 Å². The van der Waals surface area contributed by atoms with Crippen LogP contribution in [0.5, 0.6) is 0 Å². The molecule has 0 aliphatic rings. The van der Waals surface area contributed by atoms with Crippen LogP contribution in [0.1, 0.15) is 28.2 Å². The van der Waals surface area contributed by atoms with Crippen molar-refractivity contribution in [2.24, 2.45) is 0 Å². The number of thiazole rings is 1. The number of carbonyl (C=O) groups is 1. The van der Waals surface area contributed by atoms with Crippen molar-refractivity contribution in [3.8, 4) is 16.8 Å². The molecule has 2 heterocycles. The molecule has 0 unspecified atom stereocenters. The monoisotopic (exact) mass is 359 g/mol. The Morgan fingerprint density at radius 2 is 2.24 bits per heavy atom. The Balaban J connectivity index is 1.86. The van der Waals surface area contributed by atoms with E-state index in [9.17, 15) is 13.6 Å². The van der Waals surface area contributed by atoms with Crippen LogP contribution >= 0.6 is 11.3 Å². The first-order valence-electron chi connectivity index (χ1n) is 7.10. The summed E-state index contributed by atoms with van der Waals surface area (Å²) in [5.41, 5.74) is 1.16. The summed E-state index contributed by atoms with van der Waals surface area (Å²) in [5, 5.41) is 11.8. The van der Waals surface area contributed by atoms with E-state index in [4.69, 9.17) is 5.26 Å². The van der Waals surface area contributed by atoms with Crippen LogP contribution < -0.4 is 5.32 Å². The largest absolute Gasteiger partial charge is 0.320 e. The number of carbonyl (C=O) groups excluding carboxylic acids is 1. The lowest BCUT2D eigenvalue weighted by Crippen LogP contribution is -2.11. The predicted molar refractivity (Wildman–Crippen MR) is 88.4 cm³/mol. The molecule has 0 aliphatic carbocycles. The fourth-order valence-electron chi connectivity index (χ4n) is 2.20. The van der Waals surface area contributed by atoms with Gasteiger partial charge in [0.05, 0.1) is 22.2 Å². The molecule has 0 spiro atoms. The Labute approximate surface area is 145 Å². The molecule has 3 aromatic rings. The minimum atomic E-state index is -2.72. The summed E-state index contributed by atoms with van der Waals surface area (Å²) in [6.45, 7) is -1.06. The third-order valence-electron chi connectivity index (χ3n) is 3.35. The molecule has 9 heteroatoms. The lowest BCUT2D eigenvalue weighted by molar-refractivity contribution is 0.0720. The van der Waals surface area contributed by atoms with Crippen molar-refractivity contribution in [1.29, 1.82) is 5.26 Å². The summed E-state index contributed by atoms with van der Waals surface area (Å²) in [6, 6.07) is 8.18. The molecule has 0 saturated heterocycles. The van der Waals surface area contributed by atoms with E-state index in [0.717, 1.165) is 15.9 Å². The molecule has 1 amide bonds.